The molecule has 8 nitrogen and oxygen atoms in total. The minimum Gasteiger partial charge on any atom is -0.459 e. The summed E-state index contributed by atoms with van der Waals surface area (Å²) < 4.78 is 5.20. The number of ether oxygens (including phenoxy) is 1. The first kappa shape index (κ1) is 21.0. The number of esters is 1. The third kappa shape index (κ3) is 5.88. The van der Waals surface area contributed by atoms with Crippen LogP contribution in [0.1, 0.15) is 25.0 Å². The molecule has 0 aromatic heterocycles. The molecule has 2 rings (SSSR count). The normalized spacial score (nSPS) is 13.8. The molecule has 1 amide bonds. The lowest BCUT2D eigenvalue weighted by atomic mass is 9.92. The summed E-state index contributed by atoms with van der Waals surface area (Å²) in [5, 5.41) is 13.3. The first-order chi connectivity index (χ1) is 13.2. The maximum absolute atomic E-state index is 12.5. The van der Waals surface area contributed by atoms with Crippen LogP contribution in [-0.2, 0) is 27.4 Å². The average molecular weight is 385 g/mol. The van der Waals surface area contributed by atoms with Crippen LogP contribution in [0.5, 0.6) is 0 Å². The second kappa shape index (κ2) is 9.09. The monoisotopic (exact) mass is 385 g/mol. The van der Waals surface area contributed by atoms with Crippen molar-refractivity contribution in [2.45, 2.75) is 38.5 Å². The predicted molar refractivity (Wildman–Crippen MR) is 103 cm³/mol. The van der Waals surface area contributed by atoms with Gasteiger partial charge in [-0.25, -0.2) is 4.79 Å². The van der Waals surface area contributed by atoms with Crippen molar-refractivity contribution in [1.29, 1.82) is 0 Å². The van der Waals surface area contributed by atoms with Gasteiger partial charge in [-0.15, -0.1) is 0 Å². The number of amides is 1. The standard InChI is InChI=1S/C20H23N3O5/c1-14(18(24)28-13-16-6-4-3-5-7-16)22-19(25)20(2,21)12-15-8-10-17(11-9-15)23(26)27/h3-11,14H,12-13,21H2,1-2H3,(H,22,25)/t14-,20-/m0/s1. The number of nitro groups is 1. The zero-order valence-electron chi connectivity index (χ0n) is 15.8. The molecule has 3 N–H and O–H groups in total. The van der Waals surface area contributed by atoms with Gasteiger partial charge in [-0.2, -0.15) is 0 Å². The average Bonchev–Trinajstić information content (AvgIpc) is 2.66. The van der Waals surface area contributed by atoms with Crippen LogP contribution in [0.3, 0.4) is 0 Å². The highest BCUT2D eigenvalue weighted by Crippen LogP contribution is 2.16. The summed E-state index contributed by atoms with van der Waals surface area (Å²) in [7, 11) is 0. The molecule has 0 spiro atoms. The number of non-ortho nitro benzene ring substituents is 1. The molecule has 0 heterocycles. The van der Waals surface area contributed by atoms with Crippen molar-refractivity contribution in [1.82, 2.24) is 5.32 Å². The van der Waals surface area contributed by atoms with E-state index in [4.69, 9.17) is 10.5 Å². The zero-order chi connectivity index (χ0) is 20.7. The first-order valence-corrected chi connectivity index (χ1v) is 8.73. The number of nitrogens with one attached hydrogen (secondary N) is 1. The largest absolute Gasteiger partial charge is 0.459 e. The molecule has 0 aliphatic heterocycles. The lowest BCUT2D eigenvalue weighted by Gasteiger charge is -2.25. The molecule has 0 saturated carbocycles. The van der Waals surface area contributed by atoms with Crippen molar-refractivity contribution in [3.05, 3.63) is 75.8 Å². The number of carbonyl (C=O) groups excluding carboxylic acids is 2. The van der Waals surface area contributed by atoms with E-state index in [1.807, 2.05) is 30.3 Å². The molecule has 0 aliphatic carbocycles. The highest BCUT2D eigenvalue weighted by Gasteiger charge is 2.31. The van der Waals surface area contributed by atoms with Gasteiger partial charge in [0, 0.05) is 12.1 Å². The Morgan fingerprint density at radius 2 is 1.75 bits per heavy atom. The van der Waals surface area contributed by atoms with E-state index in [1.54, 1.807) is 12.1 Å². The van der Waals surface area contributed by atoms with Gasteiger partial charge in [0.25, 0.3) is 5.69 Å². The summed E-state index contributed by atoms with van der Waals surface area (Å²) in [5.74, 6) is -1.08. The van der Waals surface area contributed by atoms with Gasteiger partial charge < -0.3 is 15.8 Å². The molecule has 0 bridgehead atoms. The molecule has 2 atom stereocenters. The van der Waals surface area contributed by atoms with Crippen molar-refractivity contribution < 1.29 is 19.2 Å². The Balaban J connectivity index is 1.90. The molecule has 0 aliphatic rings. The first-order valence-electron chi connectivity index (χ1n) is 8.73. The zero-order valence-corrected chi connectivity index (χ0v) is 15.8. The van der Waals surface area contributed by atoms with Crippen LogP contribution < -0.4 is 11.1 Å². The third-order valence-electron chi connectivity index (χ3n) is 4.16. The number of hydrogen-bond donors (Lipinski definition) is 2. The molecule has 2 aromatic carbocycles. The summed E-state index contributed by atoms with van der Waals surface area (Å²) in [4.78, 5) is 34.8. The quantitative estimate of drug-likeness (QED) is 0.407. The predicted octanol–water partition coefficient (Wildman–Crippen LogP) is 2.10. The molecule has 28 heavy (non-hydrogen) atoms. The van der Waals surface area contributed by atoms with Crippen molar-refractivity contribution in [3.63, 3.8) is 0 Å². The van der Waals surface area contributed by atoms with Crippen LogP contribution in [0, 0.1) is 10.1 Å². The summed E-state index contributed by atoms with van der Waals surface area (Å²) in [6, 6.07) is 14.1. The SMILES string of the molecule is C[C@H](NC(=O)[C@@](C)(N)Cc1ccc([N+](=O)[O-])cc1)C(=O)OCc1ccccc1. The minimum absolute atomic E-state index is 0.0401. The van der Waals surface area contributed by atoms with Gasteiger partial charge in [-0.05, 0) is 31.4 Å². The maximum atomic E-state index is 12.5. The van der Waals surface area contributed by atoms with Crippen molar-refractivity contribution in [2.24, 2.45) is 5.73 Å². The Morgan fingerprint density at radius 3 is 2.32 bits per heavy atom. The van der Waals surface area contributed by atoms with Crippen LogP contribution >= 0.6 is 0 Å². The number of nitrogens with zero attached hydrogens (tertiary/aromatic N) is 1. The fourth-order valence-corrected chi connectivity index (χ4v) is 2.51. The summed E-state index contributed by atoms with van der Waals surface area (Å²) >= 11 is 0. The van der Waals surface area contributed by atoms with Crippen LogP contribution in [0.4, 0.5) is 5.69 Å². The number of nitro benzene ring substituents is 1. The third-order valence-corrected chi connectivity index (χ3v) is 4.16. The summed E-state index contributed by atoms with van der Waals surface area (Å²) in [6.07, 6.45) is 0.155. The van der Waals surface area contributed by atoms with Gasteiger partial charge in [0.2, 0.25) is 5.91 Å². The van der Waals surface area contributed by atoms with Crippen LogP contribution in [0.25, 0.3) is 0 Å². The molecule has 8 heteroatoms. The van der Waals surface area contributed by atoms with Crippen LogP contribution in [-0.4, -0.2) is 28.4 Å². The van der Waals surface area contributed by atoms with E-state index in [9.17, 15) is 19.7 Å². The van der Waals surface area contributed by atoms with Gasteiger partial charge in [0.05, 0.1) is 10.5 Å². The summed E-state index contributed by atoms with van der Waals surface area (Å²) in [6.45, 7) is 3.17. The van der Waals surface area contributed by atoms with E-state index in [-0.39, 0.29) is 18.7 Å². The highest BCUT2D eigenvalue weighted by atomic mass is 16.6. The molecule has 2 aromatic rings. The Bertz CT molecular complexity index is 835. The molecule has 0 fully saturated rings. The molecule has 0 radical (unpaired) electrons. The van der Waals surface area contributed by atoms with Gasteiger partial charge in [0.15, 0.2) is 0 Å². The Hall–Kier alpha value is -3.26. The maximum Gasteiger partial charge on any atom is 0.328 e. The number of benzene rings is 2. The lowest BCUT2D eigenvalue weighted by molar-refractivity contribution is -0.384. The fraction of sp³-hybridized carbons (Fsp3) is 0.300. The minimum atomic E-state index is -1.30. The summed E-state index contributed by atoms with van der Waals surface area (Å²) in [5.41, 5.74) is 6.28. The topological polar surface area (TPSA) is 125 Å². The second-order valence-electron chi connectivity index (χ2n) is 6.81. The van der Waals surface area contributed by atoms with E-state index in [1.165, 1.54) is 26.0 Å². The lowest BCUT2D eigenvalue weighted by Crippen LogP contribution is -2.56. The number of hydrogen-bond acceptors (Lipinski definition) is 6. The molecular weight excluding hydrogens is 362 g/mol. The van der Waals surface area contributed by atoms with Gasteiger partial charge in [0.1, 0.15) is 12.6 Å². The van der Waals surface area contributed by atoms with Crippen molar-refractivity contribution >= 4 is 17.6 Å². The Labute approximate surface area is 162 Å². The van der Waals surface area contributed by atoms with Gasteiger partial charge >= 0.3 is 5.97 Å². The molecule has 0 saturated heterocycles. The van der Waals surface area contributed by atoms with E-state index in [0.717, 1.165) is 5.56 Å². The van der Waals surface area contributed by atoms with Gasteiger partial charge in [-0.1, -0.05) is 42.5 Å². The van der Waals surface area contributed by atoms with E-state index in [0.29, 0.717) is 5.56 Å². The Kier molecular flexibility index (Phi) is 6.84. The van der Waals surface area contributed by atoms with Crippen LogP contribution in [0.2, 0.25) is 0 Å². The number of carbonyl (C=O) groups is 2. The van der Waals surface area contributed by atoms with Crippen molar-refractivity contribution in [3.8, 4) is 0 Å². The Morgan fingerprint density at radius 1 is 1.14 bits per heavy atom. The molecule has 148 valence electrons. The fourth-order valence-electron chi connectivity index (χ4n) is 2.51. The molecular formula is C20H23N3O5. The molecule has 0 unspecified atom stereocenters. The van der Waals surface area contributed by atoms with E-state index < -0.39 is 28.4 Å². The smallest absolute Gasteiger partial charge is 0.328 e. The van der Waals surface area contributed by atoms with Gasteiger partial charge in [-0.3, -0.25) is 14.9 Å². The van der Waals surface area contributed by atoms with E-state index >= 15 is 0 Å². The number of rotatable bonds is 8. The highest BCUT2D eigenvalue weighted by molar-refractivity contribution is 5.90. The van der Waals surface area contributed by atoms with Crippen LogP contribution in [0.15, 0.2) is 54.6 Å². The van der Waals surface area contributed by atoms with E-state index in [2.05, 4.69) is 5.32 Å². The number of nitrogens with two attached hydrogens (primary N) is 1. The van der Waals surface area contributed by atoms with Crippen molar-refractivity contribution in [2.75, 3.05) is 0 Å². The second-order valence-corrected chi connectivity index (χ2v) is 6.81.